The van der Waals surface area contributed by atoms with E-state index in [4.69, 9.17) is 0 Å². The van der Waals surface area contributed by atoms with Crippen LogP contribution in [0.25, 0.3) is 0 Å². The van der Waals surface area contributed by atoms with Crippen molar-refractivity contribution in [3.05, 3.63) is 46.3 Å². The molecule has 4 heteroatoms. The molecule has 1 aliphatic rings. The second-order valence-corrected chi connectivity index (χ2v) is 6.88. The number of thiophene rings is 1. The van der Waals surface area contributed by atoms with Crippen LogP contribution in [0.1, 0.15) is 23.4 Å². The van der Waals surface area contributed by atoms with Gasteiger partial charge in [-0.3, -0.25) is 4.90 Å². The fourth-order valence-electron chi connectivity index (χ4n) is 2.86. The predicted molar refractivity (Wildman–Crippen MR) is 89.8 cm³/mol. The molecule has 0 saturated carbocycles. The molecule has 0 unspecified atom stereocenters. The largest absolute Gasteiger partial charge is 0.370 e. The molecule has 0 amide bonds. The van der Waals surface area contributed by atoms with E-state index < -0.39 is 0 Å². The van der Waals surface area contributed by atoms with E-state index in [2.05, 4.69) is 44.8 Å². The Balaban J connectivity index is 1.41. The monoisotopic (exact) mass is 301 g/mol. The van der Waals surface area contributed by atoms with Crippen LogP contribution in [-0.2, 0) is 6.54 Å². The van der Waals surface area contributed by atoms with Gasteiger partial charge in [0.25, 0.3) is 0 Å². The molecule has 3 nitrogen and oxygen atoms in total. The van der Waals surface area contributed by atoms with Gasteiger partial charge in [0.2, 0.25) is 0 Å². The Morgan fingerprint density at radius 1 is 1.24 bits per heavy atom. The van der Waals surface area contributed by atoms with E-state index in [0.717, 1.165) is 30.5 Å². The number of anilines is 1. The van der Waals surface area contributed by atoms with Gasteiger partial charge in [0.05, 0.1) is 0 Å². The maximum atomic E-state index is 4.50. The fraction of sp³-hybridized carbons (Fsp3) is 0.471. The van der Waals surface area contributed by atoms with Crippen molar-refractivity contribution in [3.63, 3.8) is 0 Å². The standard InChI is InChI=1S/C17H23N3S/c1-14-4-2-6-17(19-14)18-12-15-7-9-20(10-8-15)13-16-5-3-11-21-16/h2-6,11,15H,7-10,12-13H2,1H3,(H,18,19). The van der Waals surface area contributed by atoms with Crippen LogP contribution in [0, 0.1) is 12.8 Å². The van der Waals surface area contributed by atoms with Gasteiger partial charge in [-0.1, -0.05) is 12.1 Å². The van der Waals surface area contributed by atoms with Crippen LogP contribution in [0.5, 0.6) is 0 Å². The average Bonchev–Trinajstić information content (AvgIpc) is 3.00. The molecule has 2 aromatic heterocycles. The van der Waals surface area contributed by atoms with Crippen molar-refractivity contribution in [3.8, 4) is 0 Å². The highest BCUT2D eigenvalue weighted by atomic mass is 32.1. The van der Waals surface area contributed by atoms with E-state index in [1.54, 1.807) is 0 Å². The summed E-state index contributed by atoms with van der Waals surface area (Å²) in [5.74, 6) is 1.78. The summed E-state index contributed by atoms with van der Waals surface area (Å²) in [6.07, 6.45) is 2.56. The molecule has 0 radical (unpaired) electrons. The molecule has 21 heavy (non-hydrogen) atoms. The van der Waals surface area contributed by atoms with Crippen molar-refractivity contribution in [2.24, 2.45) is 5.92 Å². The third-order valence-electron chi connectivity index (χ3n) is 4.13. The average molecular weight is 301 g/mol. The van der Waals surface area contributed by atoms with Gasteiger partial charge in [0, 0.05) is 23.7 Å². The molecule has 1 aliphatic heterocycles. The molecule has 0 bridgehead atoms. The van der Waals surface area contributed by atoms with Gasteiger partial charge in [0.15, 0.2) is 0 Å². The van der Waals surface area contributed by atoms with Crippen LogP contribution < -0.4 is 5.32 Å². The lowest BCUT2D eigenvalue weighted by Gasteiger charge is -2.31. The number of pyridine rings is 1. The lowest BCUT2D eigenvalue weighted by Crippen LogP contribution is -2.35. The van der Waals surface area contributed by atoms with E-state index in [1.807, 2.05) is 24.3 Å². The molecule has 3 heterocycles. The van der Waals surface area contributed by atoms with E-state index in [0.29, 0.717) is 0 Å². The van der Waals surface area contributed by atoms with Crippen molar-refractivity contribution in [1.29, 1.82) is 0 Å². The molecule has 3 rings (SSSR count). The minimum Gasteiger partial charge on any atom is -0.370 e. The summed E-state index contributed by atoms with van der Waals surface area (Å²) in [5.41, 5.74) is 1.07. The lowest BCUT2D eigenvalue weighted by atomic mass is 9.97. The SMILES string of the molecule is Cc1cccc(NCC2CCN(Cc3cccs3)CC2)n1. The molecule has 0 spiro atoms. The zero-order valence-electron chi connectivity index (χ0n) is 12.6. The highest BCUT2D eigenvalue weighted by molar-refractivity contribution is 7.09. The Kier molecular flexibility index (Phi) is 4.88. The number of hydrogen-bond donors (Lipinski definition) is 1. The zero-order chi connectivity index (χ0) is 14.5. The summed E-state index contributed by atoms with van der Waals surface area (Å²) in [4.78, 5) is 8.56. The summed E-state index contributed by atoms with van der Waals surface area (Å²) in [6.45, 7) is 6.63. The first-order valence-electron chi connectivity index (χ1n) is 7.72. The van der Waals surface area contributed by atoms with Crippen LogP contribution in [-0.4, -0.2) is 29.5 Å². The zero-order valence-corrected chi connectivity index (χ0v) is 13.4. The summed E-state index contributed by atoms with van der Waals surface area (Å²) in [6, 6.07) is 10.5. The Labute approximate surface area is 131 Å². The maximum Gasteiger partial charge on any atom is 0.126 e. The highest BCUT2D eigenvalue weighted by Crippen LogP contribution is 2.21. The van der Waals surface area contributed by atoms with Crippen LogP contribution in [0.15, 0.2) is 35.7 Å². The number of likely N-dealkylation sites (tertiary alicyclic amines) is 1. The first-order chi connectivity index (χ1) is 10.3. The minimum atomic E-state index is 0.770. The van der Waals surface area contributed by atoms with Crippen molar-refractivity contribution in [2.45, 2.75) is 26.3 Å². The quantitative estimate of drug-likeness (QED) is 0.911. The summed E-state index contributed by atoms with van der Waals surface area (Å²) in [7, 11) is 0. The first-order valence-corrected chi connectivity index (χ1v) is 8.60. The van der Waals surface area contributed by atoms with Gasteiger partial charge in [0.1, 0.15) is 5.82 Å². The number of nitrogens with zero attached hydrogens (tertiary/aromatic N) is 2. The first kappa shape index (κ1) is 14.5. The van der Waals surface area contributed by atoms with Crippen molar-refractivity contribution in [1.82, 2.24) is 9.88 Å². The van der Waals surface area contributed by atoms with Crippen molar-refractivity contribution in [2.75, 3.05) is 25.0 Å². The number of nitrogens with one attached hydrogen (secondary N) is 1. The van der Waals surface area contributed by atoms with Gasteiger partial charge in [-0.15, -0.1) is 11.3 Å². The van der Waals surface area contributed by atoms with E-state index in [-0.39, 0.29) is 0 Å². The second kappa shape index (κ2) is 7.05. The topological polar surface area (TPSA) is 28.2 Å². The molecule has 1 saturated heterocycles. The Bertz CT molecular complexity index is 545. The van der Waals surface area contributed by atoms with Crippen LogP contribution in [0.3, 0.4) is 0 Å². The van der Waals surface area contributed by atoms with Gasteiger partial charge in [-0.25, -0.2) is 4.98 Å². The van der Waals surface area contributed by atoms with Crippen molar-refractivity contribution >= 4 is 17.2 Å². The van der Waals surface area contributed by atoms with Gasteiger partial charge in [-0.05, 0) is 62.4 Å². The Hall–Kier alpha value is -1.39. The van der Waals surface area contributed by atoms with E-state index in [1.165, 1.54) is 30.8 Å². The summed E-state index contributed by atoms with van der Waals surface area (Å²) in [5, 5.41) is 5.66. The molecule has 0 aromatic carbocycles. The molecular formula is C17H23N3S. The second-order valence-electron chi connectivity index (χ2n) is 5.84. The number of aromatic nitrogens is 1. The molecule has 1 N–H and O–H groups in total. The van der Waals surface area contributed by atoms with Crippen molar-refractivity contribution < 1.29 is 0 Å². The number of aryl methyl sites for hydroxylation is 1. The van der Waals surface area contributed by atoms with Crippen LogP contribution in [0.2, 0.25) is 0 Å². The summed E-state index contributed by atoms with van der Waals surface area (Å²) >= 11 is 1.86. The lowest BCUT2D eigenvalue weighted by molar-refractivity contribution is 0.184. The smallest absolute Gasteiger partial charge is 0.126 e. The molecule has 112 valence electrons. The van der Waals surface area contributed by atoms with Crippen LogP contribution in [0.4, 0.5) is 5.82 Å². The van der Waals surface area contributed by atoms with Gasteiger partial charge < -0.3 is 5.32 Å². The van der Waals surface area contributed by atoms with E-state index >= 15 is 0 Å². The fourth-order valence-corrected chi connectivity index (χ4v) is 3.61. The Morgan fingerprint density at radius 3 is 2.81 bits per heavy atom. The predicted octanol–water partition coefficient (Wildman–Crippen LogP) is 3.78. The Morgan fingerprint density at radius 2 is 2.10 bits per heavy atom. The molecule has 0 atom stereocenters. The normalized spacial score (nSPS) is 17.0. The third kappa shape index (κ3) is 4.29. The minimum absolute atomic E-state index is 0.770. The molecule has 2 aromatic rings. The number of hydrogen-bond acceptors (Lipinski definition) is 4. The van der Waals surface area contributed by atoms with Crippen LogP contribution >= 0.6 is 11.3 Å². The van der Waals surface area contributed by atoms with E-state index in [9.17, 15) is 0 Å². The maximum absolute atomic E-state index is 4.50. The van der Waals surface area contributed by atoms with Gasteiger partial charge >= 0.3 is 0 Å². The molecular weight excluding hydrogens is 278 g/mol. The third-order valence-corrected chi connectivity index (χ3v) is 4.99. The molecule has 0 aliphatic carbocycles. The summed E-state index contributed by atoms with van der Waals surface area (Å²) < 4.78 is 0. The number of piperidine rings is 1. The molecule has 1 fully saturated rings. The van der Waals surface area contributed by atoms with Gasteiger partial charge in [-0.2, -0.15) is 0 Å². The number of rotatable bonds is 5. The highest BCUT2D eigenvalue weighted by Gasteiger charge is 2.19.